The molecule has 0 saturated carbocycles. The summed E-state index contributed by atoms with van der Waals surface area (Å²) in [5.41, 5.74) is 2.91. The molecule has 114 valence electrons. The van der Waals surface area contributed by atoms with Crippen molar-refractivity contribution in [1.29, 1.82) is 0 Å². The highest BCUT2D eigenvalue weighted by Gasteiger charge is 2.18. The predicted octanol–water partition coefficient (Wildman–Crippen LogP) is 5.62. The van der Waals surface area contributed by atoms with E-state index in [0.29, 0.717) is 11.3 Å². The van der Waals surface area contributed by atoms with Crippen molar-refractivity contribution in [3.05, 3.63) is 35.4 Å². The maximum atomic E-state index is 6.56. The van der Waals surface area contributed by atoms with E-state index in [2.05, 4.69) is 52.0 Å². The van der Waals surface area contributed by atoms with Crippen molar-refractivity contribution >= 4 is 11.6 Å². The van der Waals surface area contributed by atoms with Crippen LogP contribution in [0.15, 0.2) is 24.3 Å². The Morgan fingerprint density at radius 3 is 2.25 bits per heavy atom. The van der Waals surface area contributed by atoms with Gasteiger partial charge < -0.3 is 4.74 Å². The number of ether oxygens (including phenoxy) is 1. The van der Waals surface area contributed by atoms with Crippen LogP contribution < -0.4 is 0 Å². The van der Waals surface area contributed by atoms with Crippen LogP contribution in [0.4, 0.5) is 0 Å². The summed E-state index contributed by atoms with van der Waals surface area (Å²) < 4.78 is 5.10. The Kier molecular flexibility index (Phi) is 7.05. The molecule has 0 saturated heterocycles. The molecule has 0 aliphatic heterocycles. The first-order valence-electron chi connectivity index (χ1n) is 7.53. The van der Waals surface area contributed by atoms with E-state index in [-0.39, 0.29) is 5.38 Å². The number of alkyl halides is 1. The van der Waals surface area contributed by atoms with Gasteiger partial charge in [-0.1, -0.05) is 52.0 Å². The minimum atomic E-state index is 0.115. The van der Waals surface area contributed by atoms with E-state index >= 15 is 0 Å². The van der Waals surface area contributed by atoms with Crippen molar-refractivity contribution in [2.24, 2.45) is 11.3 Å². The summed E-state index contributed by atoms with van der Waals surface area (Å²) in [6.45, 7) is 9.94. The average Bonchev–Trinajstić information content (AvgIpc) is 2.34. The van der Waals surface area contributed by atoms with Crippen LogP contribution in [0.3, 0.4) is 0 Å². The van der Waals surface area contributed by atoms with E-state index in [0.717, 1.165) is 19.4 Å². The molecule has 2 atom stereocenters. The lowest BCUT2D eigenvalue weighted by atomic mass is 9.83. The molecule has 0 fully saturated rings. The number of benzene rings is 1. The SMILES string of the molecule is COCCc1ccc(C(Cl)CC(C)CC(C)(C)C)cc1. The number of halogens is 1. The molecule has 1 aromatic rings. The highest BCUT2D eigenvalue weighted by Crippen LogP contribution is 2.33. The van der Waals surface area contributed by atoms with Crippen molar-refractivity contribution in [1.82, 2.24) is 0 Å². The summed E-state index contributed by atoms with van der Waals surface area (Å²) in [7, 11) is 1.74. The van der Waals surface area contributed by atoms with Gasteiger partial charge in [-0.3, -0.25) is 0 Å². The normalized spacial score (nSPS) is 15.1. The summed E-state index contributed by atoms with van der Waals surface area (Å²) in [5.74, 6) is 0.644. The summed E-state index contributed by atoms with van der Waals surface area (Å²) in [4.78, 5) is 0. The van der Waals surface area contributed by atoms with Gasteiger partial charge in [-0.15, -0.1) is 11.6 Å². The summed E-state index contributed by atoms with van der Waals surface area (Å²) in [5, 5.41) is 0.115. The van der Waals surface area contributed by atoms with E-state index in [9.17, 15) is 0 Å². The van der Waals surface area contributed by atoms with Gasteiger partial charge in [-0.25, -0.2) is 0 Å². The van der Waals surface area contributed by atoms with Crippen molar-refractivity contribution in [3.63, 3.8) is 0 Å². The predicted molar refractivity (Wildman–Crippen MR) is 88.5 cm³/mol. The van der Waals surface area contributed by atoms with Gasteiger partial charge in [-0.2, -0.15) is 0 Å². The van der Waals surface area contributed by atoms with E-state index < -0.39 is 0 Å². The Morgan fingerprint density at radius 2 is 1.75 bits per heavy atom. The van der Waals surface area contributed by atoms with E-state index in [4.69, 9.17) is 16.3 Å². The van der Waals surface area contributed by atoms with Crippen LogP contribution in [-0.2, 0) is 11.2 Å². The lowest BCUT2D eigenvalue weighted by molar-refractivity contribution is 0.202. The van der Waals surface area contributed by atoms with Gasteiger partial charge in [0.15, 0.2) is 0 Å². The Labute approximate surface area is 129 Å². The maximum absolute atomic E-state index is 6.56. The van der Waals surface area contributed by atoms with Crippen molar-refractivity contribution in [3.8, 4) is 0 Å². The van der Waals surface area contributed by atoms with Crippen LogP contribution in [0.1, 0.15) is 57.0 Å². The quantitative estimate of drug-likeness (QED) is 0.594. The third-order valence-electron chi connectivity index (χ3n) is 3.51. The summed E-state index contributed by atoms with van der Waals surface area (Å²) in [6, 6.07) is 8.65. The number of methoxy groups -OCH3 is 1. The van der Waals surface area contributed by atoms with Gasteiger partial charge >= 0.3 is 0 Å². The molecule has 0 aliphatic rings. The highest BCUT2D eigenvalue weighted by atomic mass is 35.5. The molecule has 0 radical (unpaired) electrons. The van der Waals surface area contributed by atoms with Crippen LogP contribution in [0.25, 0.3) is 0 Å². The Balaban J connectivity index is 2.52. The van der Waals surface area contributed by atoms with Crippen molar-refractivity contribution < 1.29 is 4.74 Å². The van der Waals surface area contributed by atoms with Gasteiger partial charge in [0.2, 0.25) is 0 Å². The second-order valence-electron chi connectivity index (χ2n) is 7.06. The minimum Gasteiger partial charge on any atom is -0.384 e. The molecule has 1 nitrogen and oxygen atoms in total. The zero-order chi connectivity index (χ0) is 15.2. The lowest BCUT2D eigenvalue weighted by Crippen LogP contribution is -2.12. The van der Waals surface area contributed by atoms with Gasteiger partial charge in [0, 0.05) is 7.11 Å². The molecular formula is C18H29ClO. The first-order valence-corrected chi connectivity index (χ1v) is 7.97. The fourth-order valence-corrected chi connectivity index (χ4v) is 3.18. The second-order valence-corrected chi connectivity index (χ2v) is 7.58. The summed E-state index contributed by atoms with van der Waals surface area (Å²) in [6.07, 6.45) is 3.21. The van der Waals surface area contributed by atoms with Gasteiger partial charge in [-0.05, 0) is 41.7 Å². The van der Waals surface area contributed by atoms with Crippen LogP contribution in [0, 0.1) is 11.3 Å². The Morgan fingerprint density at radius 1 is 1.15 bits per heavy atom. The van der Waals surface area contributed by atoms with Crippen molar-refractivity contribution in [2.75, 3.05) is 13.7 Å². The largest absolute Gasteiger partial charge is 0.384 e. The molecule has 1 aromatic carbocycles. The summed E-state index contributed by atoms with van der Waals surface area (Å²) >= 11 is 6.56. The maximum Gasteiger partial charge on any atom is 0.0587 e. The molecule has 0 bridgehead atoms. The molecule has 0 amide bonds. The first-order chi connectivity index (χ1) is 9.31. The van der Waals surface area contributed by atoms with E-state index in [1.807, 2.05) is 0 Å². The fourth-order valence-electron chi connectivity index (χ4n) is 2.73. The van der Waals surface area contributed by atoms with Gasteiger partial charge in [0.05, 0.1) is 12.0 Å². The molecule has 0 N–H and O–H groups in total. The van der Waals surface area contributed by atoms with Gasteiger partial charge in [0.1, 0.15) is 0 Å². The molecule has 0 heterocycles. The van der Waals surface area contributed by atoms with Crippen LogP contribution in [0.5, 0.6) is 0 Å². The molecule has 0 spiro atoms. The van der Waals surface area contributed by atoms with Crippen molar-refractivity contribution in [2.45, 2.75) is 52.3 Å². The molecule has 1 rings (SSSR count). The first kappa shape index (κ1) is 17.5. The van der Waals surface area contributed by atoms with Gasteiger partial charge in [0.25, 0.3) is 0 Å². The lowest BCUT2D eigenvalue weighted by Gasteiger charge is -2.24. The highest BCUT2D eigenvalue weighted by molar-refractivity contribution is 6.20. The molecule has 2 unspecified atom stereocenters. The molecular weight excluding hydrogens is 268 g/mol. The number of hydrogen-bond acceptors (Lipinski definition) is 1. The van der Waals surface area contributed by atoms with Crippen LogP contribution in [0.2, 0.25) is 0 Å². The second kappa shape index (κ2) is 8.05. The minimum absolute atomic E-state index is 0.115. The monoisotopic (exact) mass is 296 g/mol. The zero-order valence-corrected chi connectivity index (χ0v) is 14.3. The number of rotatable bonds is 7. The van der Waals surface area contributed by atoms with E-state index in [1.165, 1.54) is 17.5 Å². The number of hydrogen-bond donors (Lipinski definition) is 0. The zero-order valence-electron chi connectivity index (χ0n) is 13.6. The van der Waals surface area contributed by atoms with E-state index in [1.54, 1.807) is 7.11 Å². The molecule has 2 heteroatoms. The average molecular weight is 297 g/mol. The standard InChI is InChI=1S/C18H29ClO/c1-14(13-18(2,3)4)12-17(19)16-8-6-15(7-9-16)10-11-20-5/h6-9,14,17H,10-13H2,1-5H3. The molecule has 0 aromatic heterocycles. The fraction of sp³-hybridized carbons (Fsp3) is 0.667. The van der Waals surface area contributed by atoms with Crippen LogP contribution in [-0.4, -0.2) is 13.7 Å². The third kappa shape index (κ3) is 6.76. The molecule has 0 aliphatic carbocycles. The molecule has 20 heavy (non-hydrogen) atoms. The Hall–Kier alpha value is -0.530. The third-order valence-corrected chi connectivity index (χ3v) is 3.94. The Bertz CT molecular complexity index is 377. The van der Waals surface area contributed by atoms with Crippen LogP contribution >= 0.6 is 11.6 Å². The smallest absolute Gasteiger partial charge is 0.0587 e. The topological polar surface area (TPSA) is 9.23 Å².